The number of hydrogen-bond donors (Lipinski definition) is 1. The summed E-state index contributed by atoms with van der Waals surface area (Å²) in [6.07, 6.45) is 1.79. The van der Waals surface area contributed by atoms with Crippen molar-refractivity contribution in [3.05, 3.63) is 47.1 Å². The fourth-order valence-electron chi connectivity index (χ4n) is 2.22. The molecule has 1 aromatic carbocycles. The average Bonchev–Trinajstić information content (AvgIpc) is 2.90. The molecule has 108 valence electrons. The van der Waals surface area contributed by atoms with Gasteiger partial charge in [0.05, 0.1) is 6.04 Å². The van der Waals surface area contributed by atoms with Crippen LogP contribution >= 0.6 is 0 Å². The number of nitrogens with zero attached hydrogens (tertiary/aromatic N) is 2. The van der Waals surface area contributed by atoms with E-state index in [2.05, 4.69) is 60.5 Å². The van der Waals surface area contributed by atoms with Crippen LogP contribution in [0.1, 0.15) is 49.7 Å². The van der Waals surface area contributed by atoms with Gasteiger partial charge in [0.1, 0.15) is 0 Å². The normalized spacial score (nSPS) is 14.2. The van der Waals surface area contributed by atoms with E-state index in [1.54, 1.807) is 0 Å². The molecule has 0 saturated heterocycles. The van der Waals surface area contributed by atoms with Crippen LogP contribution in [-0.4, -0.2) is 16.2 Å². The van der Waals surface area contributed by atoms with E-state index in [-0.39, 0.29) is 6.04 Å². The topological polar surface area (TPSA) is 51.0 Å². The van der Waals surface area contributed by atoms with Crippen LogP contribution < -0.4 is 5.32 Å². The smallest absolute Gasteiger partial charge is 0.243 e. The van der Waals surface area contributed by atoms with E-state index in [1.165, 1.54) is 11.1 Å². The maximum absolute atomic E-state index is 5.26. The van der Waals surface area contributed by atoms with Crippen molar-refractivity contribution in [3.8, 4) is 0 Å². The minimum atomic E-state index is 0.0725. The summed E-state index contributed by atoms with van der Waals surface area (Å²) >= 11 is 0. The van der Waals surface area contributed by atoms with Gasteiger partial charge in [0.2, 0.25) is 5.89 Å². The summed E-state index contributed by atoms with van der Waals surface area (Å²) in [6.45, 7) is 8.35. The molecule has 4 heteroatoms. The molecule has 0 fully saturated rings. The van der Waals surface area contributed by atoms with Crippen LogP contribution in [0.4, 0.5) is 0 Å². The third kappa shape index (κ3) is 3.90. The lowest BCUT2D eigenvalue weighted by atomic mass is 10.1. The van der Waals surface area contributed by atoms with Crippen molar-refractivity contribution in [3.63, 3.8) is 0 Å². The molecular weight excluding hydrogens is 250 g/mol. The van der Waals surface area contributed by atoms with E-state index in [9.17, 15) is 0 Å². The molecule has 0 saturated carbocycles. The molecule has 2 atom stereocenters. The predicted octanol–water partition coefficient (Wildman–Crippen LogP) is 3.22. The van der Waals surface area contributed by atoms with Gasteiger partial charge in [-0.3, -0.25) is 0 Å². The third-order valence-corrected chi connectivity index (χ3v) is 3.37. The maximum atomic E-state index is 5.26. The molecule has 0 aliphatic rings. The second-order valence-corrected chi connectivity index (χ2v) is 5.38. The number of aryl methyl sites for hydroxylation is 2. The van der Waals surface area contributed by atoms with Gasteiger partial charge >= 0.3 is 0 Å². The molecule has 0 aliphatic heterocycles. The Kier molecular flexibility index (Phi) is 4.90. The van der Waals surface area contributed by atoms with Crippen molar-refractivity contribution in [1.29, 1.82) is 0 Å². The Morgan fingerprint density at radius 3 is 2.50 bits per heavy atom. The van der Waals surface area contributed by atoms with Crippen LogP contribution in [0.5, 0.6) is 0 Å². The van der Waals surface area contributed by atoms with E-state index in [0.29, 0.717) is 11.9 Å². The van der Waals surface area contributed by atoms with Gasteiger partial charge in [0, 0.05) is 12.5 Å². The van der Waals surface area contributed by atoms with Gasteiger partial charge < -0.3 is 9.84 Å². The highest BCUT2D eigenvalue weighted by Gasteiger charge is 2.16. The van der Waals surface area contributed by atoms with E-state index < -0.39 is 0 Å². The first-order chi connectivity index (χ1) is 9.58. The highest BCUT2D eigenvalue weighted by atomic mass is 16.5. The summed E-state index contributed by atoms with van der Waals surface area (Å²) in [5, 5.41) is 7.43. The van der Waals surface area contributed by atoms with Gasteiger partial charge in [-0.15, -0.1) is 0 Å². The van der Waals surface area contributed by atoms with Crippen LogP contribution in [0.25, 0.3) is 0 Å². The maximum Gasteiger partial charge on any atom is 0.243 e. The highest BCUT2D eigenvalue weighted by Crippen LogP contribution is 2.13. The molecule has 0 bridgehead atoms. The average molecular weight is 273 g/mol. The molecule has 4 nitrogen and oxygen atoms in total. The summed E-state index contributed by atoms with van der Waals surface area (Å²) < 4.78 is 5.26. The van der Waals surface area contributed by atoms with Crippen LogP contribution in [0.2, 0.25) is 0 Å². The highest BCUT2D eigenvalue weighted by molar-refractivity contribution is 5.22. The zero-order chi connectivity index (χ0) is 14.5. The standard InChI is InChI=1S/C16H23N3O/c1-5-15-18-16(20-19-15)13(4)17-12(3)10-14-8-6-11(2)7-9-14/h6-9,12-13,17H,5,10H2,1-4H3/t12-,13-/m0/s1. The van der Waals surface area contributed by atoms with Gasteiger partial charge in [-0.2, -0.15) is 4.98 Å². The van der Waals surface area contributed by atoms with Crippen LogP contribution in [-0.2, 0) is 12.8 Å². The molecule has 0 unspecified atom stereocenters. The lowest BCUT2D eigenvalue weighted by Crippen LogP contribution is -2.30. The van der Waals surface area contributed by atoms with Crippen molar-refractivity contribution < 1.29 is 4.52 Å². The Bertz CT molecular complexity index is 533. The molecule has 0 spiro atoms. The Morgan fingerprint density at radius 2 is 1.90 bits per heavy atom. The SMILES string of the molecule is CCc1noc([C@H](C)N[C@@H](C)Cc2ccc(C)cc2)n1. The molecule has 1 aromatic heterocycles. The minimum Gasteiger partial charge on any atom is -0.338 e. The predicted molar refractivity (Wildman–Crippen MR) is 79.6 cm³/mol. The van der Waals surface area contributed by atoms with Crippen LogP contribution in [0, 0.1) is 6.92 Å². The fourth-order valence-corrected chi connectivity index (χ4v) is 2.22. The summed E-state index contributed by atoms with van der Waals surface area (Å²) in [6, 6.07) is 9.08. The molecule has 0 aliphatic carbocycles. The molecule has 0 radical (unpaired) electrons. The second kappa shape index (κ2) is 6.66. The van der Waals surface area contributed by atoms with Crippen molar-refractivity contribution >= 4 is 0 Å². The number of nitrogens with one attached hydrogen (secondary N) is 1. The summed E-state index contributed by atoms with van der Waals surface area (Å²) in [7, 11) is 0. The second-order valence-electron chi connectivity index (χ2n) is 5.38. The van der Waals surface area contributed by atoms with Gasteiger partial charge in [0.25, 0.3) is 0 Å². The van der Waals surface area contributed by atoms with Gasteiger partial charge in [0.15, 0.2) is 5.82 Å². The van der Waals surface area contributed by atoms with Gasteiger partial charge in [-0.1, -0.05) is 41.9 Å². The molecule has 20 heavy (non-hydrogen) atoms. The van der Waals surface area contributed by atoms with Crippen molar-refractivity contribution in [2.75, 3.05) is 0 Å². The molecule has 0 amide bonds. The van der Waals surface area contributed by atoms with E-state index in [4.69, 9.17) is 4.52 Å². The van der Waals surface area contributed by atoms with Gasteiger partial charge in [-0.05, 0) is 32.8 Å². The van der Waals surface area contributed by atoms with E-state index in [0.717, 1.165) is 18.7 Å². The Morgan fingerprint density at radius 1 is 1.20 bits per heavy atom. The Hall–Kier alpha value is -1.68. The molecule has 2 aromatic rings. The summed E-state index contributed by atoms with van der Waals surface area (Å²) in [5.74, 6) is 1.43. The van der Waals surface area contributed by atoms with E-state index in [1.807, 2.05) is 6.92 Å². The van der Waals surface area contributed by atoms with Crippen molar-refractivity contribution in [2.45, 2.75) is 52.6 Å². The zero-order valence-corrected chi connectivity index (χ0v) is 12.7. The van der Waals surface area contributed by atoms with Crippen molar-refractivity contribution in [1.82, 2.24) is 15.5 Å². The van der Waals surface area contributed by atoms with E-state index >= 15 is 0 Å². The number of aromatic nitrogens is 2. The molecule has 2 rings (SSSR count). The fraction of sp³-hybridized carbons (Fsp3) is 0.500. The van der Waals surface area contributed by atoms with Crippen LogP contribution in [0.15, 0.2) is 28.8 Å². The first kappa shape index (κ1) is 14.7. The molecular formula is C16H23N3O. The lowest BCUT2D eigenvalue weighted by molar-refractivity contribution is 0.324. The molecule has 1 heterocycles. The summed E-state index contributed by atoms with van der Waals surface area (Å²) in [4.78, 5) is 4.36. The van der Waals surface area contributed by atoms with Crippen LogP contribution in [0.3, 0.4) is 0 Å². The van der Waals surface area contributed by atoms with Gasteiger partial charge in [-0.25, -0.2) is 0 Å². The largest absolute Gasteiger partial charge is 0.338 e. The first-order valence-corrected chi connectivity index (χ1v) is 7.22. The minimum absolute atomic E-state index is 0.0725. The number of benzene rings is 1. The monoisotopic (exact) mass is 273 g/mol. The quantitative estimate of drug-likeness (QED) is 0.878. The number of hydrogen-bond acceptors (Lipinski definition) is 4. The zero-order valence-electron chi connectivity index (χ0n) is 12.7. The summed E-state index contributed by atoms with van der Waals surface area (Å²) in [5.41, 5.74) is 2.63. The van der Waals surface area contributed by atoms with Crippen molar-refractivity contribution in [2.24, 2.45) is 0 Å². The Balaban J connectivity index is 1.90. The molecule has 1 N–H and O–H groups in total. The number of rotatable bonds is 6. The third-order valence-electron chi connectivity index (χ3n) is 3.37. The first-order valence-electron chi connectivity index (χ1n) is 7.22. The lowest BCUT2D eigenvalue weighted by Gasteiger charge is -2.17. The Labute approximate surface area is 120 Å².